The number of carboxylic acid groups (broad SMARTS) is 1. The lowest BCUT2D eigenvalue weighted by Gasteiger charge is -2.32. The molecule has 0 aliphatic heterocycles. The number of H-pyrrole nitrogens is 1. The van der Waals surface area contributed by atoms with Gasteiger partial charge in [0.1, 0.15) is 6.20 Å². The van der Waals surface area contributed by atoms with Gasteiger partial charge in [0.25, 0.3) is 0 Å². The molecule has 1 aromatic heterocycles. The maximum absolute atomic E-state index is 10.5. The topological polar surface area (TPSA) is 109 Å². The van der Waals surface area contributed by atoms with Gasteiger partial charge in [0.05, 0.1) is 6.20 Å². The van der Waals surface area contributed by atoms with E-state index in [4.69, 9.17) is 5.11 Å². The summed E-state index contributed by atoms with van der Waals surface area (Å²) >= 11 is 0. The van der Waals surface area contributed by atoms with E-state index in [1.165, 1.54) is 48.9 Å². The SMILES string of the molecule is CC(C=CC1=C(C)CCCC1(C)C)=CC=CC(C)=CC(=O)O.O=[N+]([O-])c1ncc[nH]1. The Hall–Kier alpha value is -3.22. The molecule has 1 aliphatic carbocycles. The number of aromatic amines is 1. The standard InChI is InChI=1S/C20H28O2.C3H3N3O2/c1-15(8-6-9-16(2)14-19(21)22)11-12-18-17(3)10-7-13-20(18,4)5;7-6(8)3-4-1-2-5-3/h6,8-9,11-12,14H,7,10,13H2,1-5H3,(H,21,22);1-2H,(H,4,5). The maximum atomic E-state index is 10.5. The first-order chi connectivity index (χ1) is 14.0. The van der Waals surface area contributed by atoms with E-state index < -0.39 is 10.9 Å². The van der Waals surface area contributed by atoms with Crippen LogP contribution >= 0.6 is 0 Å². The Morgan fingerprint density at radius 2 is 2.00 bits per heavy atom. The molecule has 0 saturated heterocycles. The summed E-state index contributed by atoms with van der Waals surface area (Å²) in [6.07, 6.45) is 17.7. The second-order valence-corrected chi connectivity index (χ2v) is 7.93. The van der Waals surface area contributed by atoms with Crippen LogP contribution in [-0.4, -0.2) is 26.0 Å². The Balaban J connectivity index is 0.000000467. The Labute approximate surface area is 177 Å². The maximum Gasteiger partial charge on any atom is 0.432 e. The van der Waals surface area contributed by atoms with Crippen molar-refractivity contribution in [2.24, 2.45) is 5.41 Å². The number of nitro groups is 1. The first-order valence-corrected chi connectivity index (χ1v) is 9.81. The summed E-state index contributed by atoms with van der Waals surface area (Å²) < 4.78 is 0. The highest BCUT2D eigenvalue weighted by atomic mass is 16.6. The molecule has 0 bridgehead atoms. The monoisotopic (exact) mass is 413 g/mol. The second-order valence-electron chi connectivity index (χ2n) is 7.93. The highest BCUT2D eigenvalue weighted by molar-refractivity contribution is 5.81. The molecule has 0 amide bonds. The van der Waals surface area contributed by atoms with Gasteiger partial charge in [-0.2, -0.15) is 0 Å². The first kappa shape index (κ1) is 24.8. The zero-order chi connectivity index (χ0) is 22.7. The Morgan fingerprint density at radius 1 is 1.30 bits per heavy atom. The Morgan fingerprint density at radius 3 is 2.50 bits per heavy atom. The van der Waals surface area contributed by atoms with Crippen LogP contribution in [0.4, 0.5) is 5.95 Å². The number of aliphatic carboxylic acids is 1. The zero-order valence-corrected chi connectivity index (χ0v) is 18.3. The van der Waals surface area contributed by atoms with Crippen molar-refractivity contribution in [2.45, 2.75) is 53.9 Å². The summed E-state index contributed by atoms with van der Waals surface area (Å²) in [6, 6.07) is 0. The summed E-state index contributed by atoms with van der Waals surface area (Å²) in [5.74, 6) is -1.13. The molecule has 2 N–H and O–H groups in total. The molecule has 162 valence electrons. The lowest BCUT2D eigenvalue weighted by molar-refractivity contribution is -0.393. The third-order valence-corrected chi connectivity index (χ3v) is 4.78. The van der Waals surface area contributed by atoms with Crippen molar-refractivity contribution < 1.29 is 14.8 Å². The fourth-order valence-corrected chi connectivity index (χ4v) is 3.23. The third-order valence-electron chi connectivity index (χ3n) is 4.78. The van der Waals surface area contributed by atoms with Gasteiger partial charge in [-0.15, -0.1) is 0 Å². The van der Waals surface area contributed by atoms with Gasteiger partial charge in [0.2, 0.25) is 0 Å². The number of nitrogens with zero attached hydrogens (tertiary/aromatic N) is 2. The largest absolute Gasteiger partial charge is 0.478 e. The fourth-order valence-electron chi connectivity index (χ4n) is 3.23. The number of aromatic nitrogens is 2. The lowest BCUT2D eigenvalue weighted by atomic mass is 9.72. The van der Waals surface area contributed by atoms with E-state index in [1.54, 1.807) is 13.0 Å². The minimum atomic E-state index is -0.912. The summed E-state index contributed by atoms with van der Waals surface area (Å²) in [6.45, 7) is 10.7. The van der Waals surface area contributed by atoms with Crippen molar-refractivity contribution in [3.63, 3.8) is 0 Å². The molecule has 30 heavy (non-hydrogen) atoms. The summed E-state index contributed by atoms with van der Waals surface area (Å²) in [5, 5.41) is 18.4. The zero-order valence-electron chi connectivity index (χ0n) is 18.3. The molecule has 1 aliphatic rings. The molecule has 0 unspecified atom stereocenters. The highest BCUT2D eigenvalue weighted by Crippen LogP contribution is 2.40. The van der Waals surface area contributed by atoms with Gasteiger partial charge in [-0.25, -0.2) is 9.78 Å². The van der Waals surface area contributed by atoms with Crippen molar-refractivity contribution in [1.29, 1.82) is 0 Å². The number of rotatable bonds is 6. The van der Waals surface area contributed by atoms with E-state index >= 15 is 0 Å². The van der Waals surface area contributed by atoms with Gasteiger partial charge in [0.15, 0.2) is 0 Å². The van der Waals surface area contributed by atoms with Crippen LogP contribution in [0.3, 0.4) is 0 Å². The fraction of sp³-hybridized carbons (Fsp3) is 0.391. The molecule has 1 aromatic rings. The van der Waals surface area contributed by atoms with Crippen LogP contribution in [0.1, 0.15) is 53.9 Å². The van der Waals surface area contributed by atoms with Gasteiger partial charge >= 0.3 is 11.9 Å². The molecule has 7 heteroatoms. The number of carbonyl (C=O) groups is 1. The van der Waals surface area contributed by atoms with Gasteiger partial charge in [-0.05, 0) is 61.5 Å². The predicted molar refractivity (Wildman–Crippen MR) is 119 cm³/mol. The van der Waals surface area contributed by atoms with Crippen molar-refractivity contribution in [3.05, 3.63) is 81.3 Å². The van der Waals surface area contributed by atoms with E-state index in [-0.39, 0.29) is 11.4 Å². The van der Waals surface area contributed by atoms with Crippen LogP contribution in [0.2, 0.25) is 0 Å². The smallest absolute Gasteiger partial charge is 0.432 e. The van der Waals surface area contributed by atoms with E-state index in [2.05, 4.69) is 49.8 Å². The van der Waals surface area contributed by atoms with Crippen LogP contribution in [0.15, 0.2) is 71.1 Å². The number of allylic oxidation sites excluding steroid dienone is 9. The minimum absolute atomic E-state index is 0.218. The lowest BCUT2D eigenvalue weighted by Crippen LogP contribution is -2.19. The van der Waals surface area contributed by atoms with Gasteiger partial charge in [-0.1, -0.05) is 60.4 Å². The van der Waals surface area contributed by atoms with E-state index in [0.29, 0.717) is 0 Å². The third kappa shape index (κ3) is 8.86. The quantitative estimate of drug-likeness (QED) is 0.260. The molecule has 0 fully saturated rings. The van der Waals surface area contributed by atoms with Crippen molar-refractivity contribution in [3.8, 4) is 0 Å². The van der Waals surface area contributed by atoms with Gasteiger partial charge in [0, 0.05) is 6.08 Å². The van der Waals surface area contributed by atoms with Crippen LogP contribution in [0.5, 0.6) is 0 Å². The van der Waals surface area contributed by atoms with Crippen molar-refractivity contribution in [1.82, 2.24) is 9.97 Å². The van der Waals surface area contributed by atoms with Crippen LogP contribution in [0, 0.1) is 15.5 Å². The van der Waals surface area contributed by atoms with Crippen molar-refractivity contribution in [2.75, 3.05) is 0 Å². The molecular weight excluding hydrogens is 382 g/mol. The molecular formula is C23H31N3O4. The van der Waals surface area contributed by atoms with E-state index in [0.717, 1.165) is 11.1 Å². The van der Waals surface area contributed by atoms with Gasteiger partial charge < -0.3 is 15.2 Å². The minimum Gasteiger partial charge on any atom is -0.478 e. The molecule has 0 spiro atoms. The van der Waals surface area contributed by atoms with Crippen LogP contribution in [-0.2, 0) is 4.79 Å². The first-order valence-electron chi connectivity index (χ1n) is 9.81. The molecule has 0 atom stereocenters. The Kier molecular flexibility index (Phi) is 9.68. The molecule has 0 radical (unpaired) electrons. The molecule has 0 aromatic carbocycles. The molecule has 7 nitrogen and oxygen atoms in total. The van der Waals surface area contributed by atoms with E-state index in [9.17, 15) is 14.9 Å². The number of hydrogen-bond acceptors (Lipinski definition) is 4. The summed E-state index contributed by atoms with van der Waals surface area (Å²) in [7, 11) is 0. The average molecular weight is 414 g/mol. The molecule has 2 rings (SSSR count). The number of nitrogens with one attached hydrogen (secondary N) is 1. The van der Waals surface area contributed by atoms with Crippen molar-refractivity contribution >= 4 is 11.9 Å². The number of hydrogen-bond donors (Lipinski definition) is 2. The number of carboxylic acids is 1. The predicted octanol–water partition coefficient (Wildman–Crippen LogP) is 5.92. The van der Waals surface area contributed by atoms with Gasteiger partial charge in [-0.3, -0.25) is 0 Å². The van der Waals surface area contributed by atoms with Crippen LogP contribution < -0.4 is 0 Å². The van der Waals surface area contributed by atoms with E-state index in [1.807, 2.05) is 12.2 Å². The molecule has 1 heterocycles. The Bertz CT molecular complexity index is 886. The van der Waals surface area contributed by atoms with Crippen LogP contribution in [0.25, 0.3) is 0 Å². The normalized spacial score (nSPS) is 17.2. The highest BCUT2D eigenvalue weighted by Gasteiger charge is 2.26. The summed E-state index contributed by atoms with van der Waals surface area (Å²) in [4.78, 5) is 25.4. The number of imidazole rings is 1. The second kappa shape index (κ2) is 11.7. The average Bonchev–Trinajstić information content (AvgIpc) is 3.15. The summed E-state index contributed by atoms with van der Waals surface area (Å²) in [5.41, 5.74) is 5.09. The molecule has 0 saturated carbocycles.